The molecule has 0 aliphatic heterocycles. The van der Waals surface area contributed by atoms with Gasteiger partial charge in [-0.1, -0.05) is 18.2 Å². The molecule has 25 heavy (non-hydrogen) atoms. The van der Waals surface area contributed by atoms with Gasteiger partial charge in [-0.25, -0.2) is 15.0 Å². The third kappa shape index (κ3) is 3.92. The molecule has 0 aliphatic carbocycles. The minimum Gasteiger partial charge on any atom is -0.431 e. The van der Waals surface area contributed by atoms with E-state index in [2.05, 4.69) is 15.0 Å². The van der Waals surface area contributed by atoms with E-state index in [4.69, 9.17) is 26.2 Å². The minimum atomic E-state index is -3.52. The molecule has 0 saturated heterocycles. The SMILES string of the molecule is CC(C)(OCP(=O)(Cl)Oc1ccccc1)n1cnc2c(N)ncnc21. The summed E-state index contributed by atoms with van der Waals surface area (Å²) in [6.07, 6.45) is 2.58. The highest BCUT2D eigenvalue weighted by Gasteiger charge is 2.30. The van der Waals surface area contributed by atoms with Crippen LogP contribution in [0.15, 0.2) is 43.0 Å². The van der Waals surface area contributed by atoms with E-state index < -0.39 is 12.4 Å². The summed E-state index contributed by atoms with van der Waals surface area (Å²) >= 11 is 6.02. The second-order valence-corrected chi connectivity index (χ2v) is 8.93. The Morgan fingerprint density at radius 2 is 1.96 bits per heavy atom. The van der Waals surface area contributed by atoms with Crippen molar-refractivity contribution in [3.8, 4) is 5.75 Å². The van der Waals surface area contributed by atoms with Crippen molar-refractivity contribution in [1.82, 2.24) is 19.5 Å². The summed E-state index contributed by atoms with van der Waals surface area (Å²) in [7, 11) is 0. The van der Waals surface area contributed by atoms with Gasteiger partial charge in [-0.05, 0) is 37.2 Å². The number of nitrogens with two attached hydrogens (primary N) is 1. The van der Waals surface area contributed by atoms with Crippen LogP contribution in [-0.4, -0.2) is 25.9 Å². The molecule has 0 fully saturated rings. The number of halogens is 1. The Hall–Kier alpha value is -2.15. The predicted molar refractivity (Wildman–Crippen MR) is 95.5 cm³/mol. The van der Waals surface area contributed by atoms with Gasteiger partial charge in [0, 0.05) is 0 Å². The summed E-state index contributed by atoms with van der Waals surface area (Å²) < 4.78 is 25.2. The zero-order valence-corrected chi connectivity index (χ0v) is 15.3. The number of fused-ring (bicyclic) bond motifs is 1. The molecule has 2 N–H and O–H groups in total. The topological polar surface area (TPSA) is 105 Å². The van der Waals surface area contributed by atoms with E-state index in [9.17, 15) is 4.57 Å². The van der Waals surface area contributed by atoms with Crippen LogP contribution in [0.25, 0.3) is 11.2 Å². The molecule has 2 aromatic heterocycles. The highest BCUT2D eigenvalue weighted by molar-refractivity contribution is 7.85. The molecule has 3 rings (SSSR count). The first-order chi connectivity index (χ1) is 11.8. The predicted octanol–water partition coefficient (Wildman–Crippen LogP) is 3.59. The third-order valence-corrected chi connectivity index (χ3v) is 4.92. The maximum atomic E-state index is 12.5. The summed E-state index contributed by atoms with van der Waals surface area (Å²) in [5, 5.41) is 0. The number of benzene rings is 1. The lowest BCUT2D eigenvalue weighted by Gasteiger charge is -2.28. The average molecular weight is 382 g/mol. The van der Waals surface area contributed by atoms with Crippen LogP contribution in [-0.2, 0) is 15.0 Å². The Balaban J connectivity index is 1.76. The van der Waals surface area contributed by atoms with Crippen molar-refractivity contribution in [2.24, 2.45) is 0 Å². The van der Waals surface area contributed by atoms with Crippen LogP contribution in [0.3, 0.4) is 0 Å². The zero-order valence-electron chi connectivity index (χ0n) is 13.7. The maximum absolute atomic E-state index is 12.5. The molecule has 0 spiro atoms. The molecule has 2 heterocycles. The van der Waals surface area contributed by atoms with Gasteiger partial charge in [-0.3, -0.25) is 9.13 Å². The van der Waals surface area contributed by atoms with Gasteiger partial charge in [0.05, 0.1) is 6.33 Å². The van der Waals surface area contributed by atoms with Gasteiger partial charge in [-0.2, -0.15) is 0 Å². The molecule has 1 unspecified atom stereocenters. The molecular weight excluding hydrogens is 365 g/mol. The van der Waals surface area contributed by atoms with Crippen LogP contribution in [0.4, 0.5) is 5.82 Å². The van der Waals surface area contributed by atoms with Crippen molar-refractivity contribution < 1.29 is 13.8 Å². The molecule has 0 amide bonds. The number of nitrogens with zero attached hydrogens (tertiary/aromatic N) is 4. The Kier molecular flexibility index (Phi) is 4.69. The second-order valence-electron chi connectivity index (χ2n) is 5.76. The maximum Gasteiger partial charge on any atom is 0.361 e. The van der Waals surface area contributed by atoms with Crippen molar-refractivity contribution in [1.29, 1.82) is 0 Å². The van der Waals surface area contributed by atoms with Crippen LogP contribution >= 0.6 is 18.0 Å². The van der Waals surface area contributed by atoms with Crippen molar-refractivity contribution in [2.45, 2.75) is 19.6 Å². The summed E-state index contributed by atoms with van der Waals surface area (Å²) in [5.74, 6) is 0.686. The second kappa shape index (κ2) is 6.63. The fourth-order valence-electron chi connectivity index (χ4n) is 2.22. The summed E-state index contributed by atoms with van der Waals surface area (Å²) in [5.41, 5.74) is 5.83. The van der Waals surface area contributed by atoms with E-state index >= 15 is 0 Å². The smallest absolute Gasteiger partial charge is 0.361 e. The lowest BCUT2D eigenvalue weighted by Crippen LogP contribution is -2.30. The van der Waals surface area contributed by atoms with Crippen LogP contribution < -0.4 is 10.3 Å². The number of aromatic nitrogens is 4. The monoisotopic (exact) mass is 381 g/mol. The highest BCUT2D eigenvalue weighted by atomic mass is 35.7. The van der Waals surface area contributed by atoms with Crippen molar-refractivity contribution >= 4 is 34.9 Å². The normalized spacial score (nSPS) is 14.4. The Bertz CT molecular complexity index is 931. The van der Waals surface area contributed by atoms with Gasteiger partial charge in [0.15, 0.2) is 17.8 Å². The molecular formula is C15H17ClN5O3P. The van der Waals surface area contributed by atoms with Crippen molar-refractivity contribution in [3.63, 3.8) is 0 Å². The first-order valence-electron chi connectivity index (χ1n) is 7.40. The summed E-state index contributed by atoms with van der Waals surface area (Å²) in [4.78, 5) is 12.3. The molecule has 0 bridgehead atoms. The first-order valence-corrected chi connectivity index (χ1v) is 10.1. The lowest BCUT2D eigenvalue weighted by atomic mass is 10.3. The molecule has 8 nitrogen and oxygen atoms in total. The summed E-state index contributed by atoms with van der Waals surface area (Å²) in [6, 6.07) is 8.69. The van der Waals surface area contributed by atoms with Gasteiger partial charge in [0.25, 0.3) is 0 Å². The third-order valence-electron chi connectivity index (χ3n) is 3.50. The minimum absolute atomic E-state index is 0.273. The van der Waals surface area contributed by atoms with Crippen LogP contribution in [0.2, 0.25) is 0 Å². The van der Waals surface area contributed by atoms with Crippen LogP contribution in [0.5, 0.6) is 5.75 Å². The number of imidazole rings is 1. The Labute approximate surface area is 149 Å². The number of ether oxygens (including phenoxy) is 1. The average Bonchev–Trinajstić information content (AvgIpc) is 3.00. The fourth-order valence-corrected chi connectivity index (χ4v) is 3.56. The van der Waals surface area contributed by atoms with E-state index in [-0.39, 0.29) is 12.2 Å². The lowest BCUT2D eigenvalue weighted by molar-refractivity contribution is -0.0551. The van der Waals surface area contributed by atoms with E-state index in [0.717, 1.165) is 0 Å². The molecule has 0 radical (unpaired) electrons. The number of nitrogen functional groups attached to an aromatic ring is 1. The molecule has 0 saturated carbocycles. The molecule has 1 atom stereocenters. The highest BCUT2D eigenvalue weighted by Crippen LogP contribution is 2.53. The number of para-hydroxylation sites is 1. The molecule has 3 aromatic rings. The molecule has 132 valence electrons. The van der Waals surface area contributed by atoms with E-state index in [1.165, 1.54) is 12.7 Å². The van der Waals surface area contributed by atoms with Gasteiger partial charge in [0.2, 0.25) is 0 Å². The Morgan fingerprint density at radius 1 is 1.24 bits per heavy atom. The quantitative estimate of drug-likeness (QED) is 0.650. The zero-order chi connectivity index (χ0) is 18.1. The first kappa shape index (κ1) is 17.7. The molecule has 10 heteroatoms. The van der Waals surface area contributed by atoms with Crippen LogP contribution in [0, 0.1) is 0 Å². The van der Waals surface area contributed by atoms with E-state index in [1.807, 2.05) is 6.07 Å². The number of rotatable bonds is 6. The standard InChI is InChI=1S/C15H17ClN5O3P/c1-15(2,21-9-20-12-13(17)18-8-19-14(12)21)23-10-25(16,22)24-11-6-4-3-5-7-11/h3-9H,10H2,1-2H3,(H2,17,18,19). The molecule has 1 aromatic carbocycles. The van der Waals surface area contributed by atoms with Gasteiger partial charge >= 0.3 is 6.72 Å². The Morgan fingerprint density at radius 3 is 2.68 bits per heavy atom. The van der Waals surface area contributed by atoms with Gasteiger partial charge < -0.3 is 15.0 Å². The van der Waals surface area contributed by atoms with Crippen LogP contribution in [0.1, 0.15) is 13.8 Å². The molecule has 0 aliphatic rings. The van der Waals surface area contributed by atoms with Gasteiger partial charge in [0.1, 0.15) is 23.3 Å². The van der Waals surface area contributed by atoms with Crippen molar-refractivity contribution in [3.05, 3.63) is 43.0 Å². The van der Waals surface area contributed by atoms with Gasteiger partial charge in [-0.15, -0.1) is 0 Å². The summed E-state index contributed by atoms with van der Waals surface area (Å²) in [6.45, 7) is 0.0156. The number of hydrogen-bond acceptors (Lipinski definition) is 7. The largest absolute Gasteiger partial charge is 0.431 e. The van der Waals surface area contributed by atoms with E-state index in [1.54, 1.807) is 42.7 Å². The fraction of sp³-hybridized carbons (Fsp3) is 0.267. The van der Waals surface area contributed by atoms with Crippen molar-refractivity contribution in [2.75, 3.05) is 12.1 Å². The number of anilines is 1. The number of hydrogen-bond donors (Lipinski definition) is 1. The van der Waals surface area contributed by atoms with E-state index in [0.29, 0.717) is 16.9 Å².